The fraction of sp³-hybridized carbons (Fsp3) is 0.105. The molecular formula is C19H19NO. The van der Waals surface area contributed by atoms with Crippen molar-refractivity contribution in [2.24, 2.45) is 5.16 Å². The maximum Gasteiger partial charge on any atom is 0.0795 e. The summed E-state index contributed by atoms with van der Waals surface area (Å²) in [7, 11) is 0. The quantitative estimate of drug-likeness (QED) is 0.351. The maximum absolute atomic E-state index is 9.54. The molecule has 0 fully saturated rings. The minimum Gasteiger partial charge on any atom is -0.411 e. The van der Waals surface area contributed by atoms with E-state index in [-0.39, 0.29) is 11.8 Å². The van der Waals surface area contributed by atoms with E-state index in [9.17, 15) is 5.21 Å². The van der Waals surface area contributed by atoms with E-state index in [0.29, 0.717) is 5.71 Å². The Balaban J connectivity index is 2.42. The van der Waals surface area contributed by atoms with Gasteiger partial charge in [0.25, 0.3) is 0 Å². The van der Waals surface area contributed by atoms with E-state index in [1.807, 2.05) is 60.7 Å². The summed E-state index contributed by atoms with van der Waals surface area (Å²) in [5, 5.41) is 13.1. The van der Waals surface area contributed by atoms with Crippen LogP contribution in [-0.4, -0.2) is 10.9 Å². The number of allylic oxidation sites excluding steroid dienone is 2. The van der Waals surface area contributed by atoms with E-state index >= 15 is 0 Å². The van der Waals surface area contributed by atoms with Gasteiger partial charge in [-0.1, -0.05) is 78.0 Å². The highest BCUT2D eigenvalue weighted by Gasteiger charge is 2.23. The lowest BCUT2D eigenvalue weighted by Crippen LogP contribution is -2.18. The second-order valence-electron chi connectivity index (χ2n) is 4.77. The van der Waals surface area contributed by atoms with Gasteiger partial charge < -0.3 is 5.21 Å². The van der Waals surface area contributed by atoms with Crippen molar-refractivity contribution < 1.29 is 5.21 Å². The highest BCUT2D eigenvalue weighted by molar-refractivity contribution is 5.98. The average molecular weight is 277 g/mol. The molecule has 0 aliphatic heterocycles. The predicted molar refractivity (Wildman–Crippen MR) is 88.0 cm³/mol. The van der Waals surface area contributed by atoms with Crippen LogP contribution >= 0.6 is 0 Å². The van der Waals surface area contributed by atoms with Gasteiger partial charge in [0.2, 0.25) is 0 Å². The molecule has 2 unspecified atom stereocenters. The van der Waals surface area contributed by atoms with Crippen molar-refractivity contribution in [1.82, 2.24) is 0 Å². The summed E-state index contributed by atoms with van der Waals surface area (Å²) in [6, 6.07) is 19.8. The van der Waals surface area contributed by atoms with Gasteiger partial charge in [0, 0.05) is 11.8 Å². The molecule has 0 saturated carbocycles. The van der Waals surface area contributed by atoms with Crippen LogP contribution in [0.1, 0.15) is 23.0 Å². The Morgan fingerprint density at radius 3 is 1.48 bits per heavy atom. The largest absolute Gasteiger partial charge is 0.411 e. The molecule has 0 aromatic heterocycles. The third-order valence-corrected chi connectivity index (χ3v) is 3.54. The molecular weight excluding hydrogens is 258 g/mol. The summed E-state index contributed by atoms with van der Waals surface area (Å²) >= 11 is 0. The smallest absolute Gasteiger partial charge is 0.0795 e. The lowest BCUT2D eigenvalue weighted by Gasteiger charge is -2.21. The summed E-state index contributed by atoms with van der Waals surface area (Å²) in [5.41, 5.74) is 2.71. The van der Waals surface area contributed by atoms with E-state index in [1.165, 1.54) is 0 Å². The van der Waals surface area contributed by atoms with Crippen LogP contribution in [-0.2, 0) is 0 Å². The van der Waals surface area contributed by atoms with Crippen LogP contribution in [0.5, 0.6) is 0 Å². The Kier molecular flexibility index (Phi) is 5.10. The molecule has 21 heavy (non-hydrogen) atoms. The fourth-order valence-electron chi connectivity index (χ4n) is 2.49. The van der Waals surface area contributed by atoms with Crippen molar-refractivity contribution in [2.45, 2.75) is 11.8 Å². The van der Waals surface area contributed by atoms with E-state index < -0.39 is 0 Å². The molecule has 2 atom stereocenters. The minimum absolute atomic E-state index is 0.153. The van der Waals surface area contributed by atoms with E-state index in [0.717, 1.165) is 11.1 Å². The Morgan fingerprint density at radius 1 is 0.810 bits per heavy atom. The minimum atomic E-state index is -0.153. The lowest BCUT2D eigenvalue weighted by atomic mass is 9.83. The second-order valence-corrected chi connectivity index (χ2v) is 4.77. The van der Waals surface area contributed by atoms with Crippen molar-refractivity contribution in [2.75, 3.05) is 0 Å². The van der Waals surface area contributed by atoms with Crippen LogP contribution in [0.25, 0.3) is 0 Å². The Bertz CT molecular complexity index is 563. The number of oxime groups is 1. The Hall–Kier alpha value is -2.61. The van der Waals surface area contributed by atoms with E-state index in [4.69, 9.17) is 0 Å². The van der Waals surface area contributed by atoms with Gasteiger partial charge in [0.05, 0.1) is 5.71 Å². The first-order valence-corrected chi connectivity index (χ1v) is 6.88. The molecule has 0 heterocycles. The zero-order valence-electron chi connectivity index (χ0n) is 11.9. The molecule has 0 radical (unpaired) electrons. The van der Waals surface area contributed by atoms with Gasteiger partial charge in [-0.15, -0.1) is 13.2 Å². The first-order chi connectivity index (χ1) is 10.3. The van der Waals surface area contributed by atoms with Crippen molar-refractivity contribution >= 4 is 5.71 Å². The Morgan fingerprint density at radius 2 is 1.19 bits per heavy atom. The van der Waals surface area contributed by atoms with Gasteiger partial charge in [-0.2, -0.15) is 0 Å². The second kappa shape index (κ2) is 7.25. The zero-order chi connectivity index (χ0) is 15.1. The van der Waals surface area contributed by atoms with Crippen molar-refractivity contribution in [3.63, 3.8) is 0 Å². The highest BCUT2D eigenvalue weighted by Crippen LogP contribution is 2.29. The van der Waals surface area contributed by atoms with Gasteiger partial charge in [0.15, 0.2) is 0 Å². The number of nitrogens with zero attached hydrogens (tertiary/aromatic N) is 1. The van der Waals surface area contributed by atoms with Gasteiger partial charge in [-0.25, -0.2) is 0 Å². The van der Waals surface area contributed by atoms with Crippen LogP contribution in [0.4, 0.5) is 0 Å². The first-order valence-electron chi connectivity index (χ1n) is 6.88. The van der Waals surface area contributed by atoms with E-state index in [2.05, 4.69) is 18.3 Å². The van der Waals surface area contributed by atoms with Gasteiger partial charge in [-0.05, 0) is 11.1 Å². The van der Waals surface area contributed by atoms with Crippen molar-refractivity contribution in [1.29, 1.82) is 0 Å². The molecule has 2 heteroatoms. The number of benzene rings is 2. The summed E-state index contributed by atoms with van der Waals surface area (Å²) < 4.78 is 0. The normalized spacial score (nSPS) is 13.0. The summed E-state index contributed by atoms with van der Waals surface area (Å²) in [6.07, 6.45) is 3.59. The molecule has 0 saturated heterocycles. The molecule has 2 aromatic carbocycles. The van der Waals surface area contributed by atoms with Crippen LogP contribution in [0.15, 0.2) is 91.1 Å². The van der Waals surface area contributed by atoms with Crippen LogP contribution in [0, 0.1) is 0 Å². The summed E-state index contributed by atoms with van der Waals surface area (Å²) in [4.78, 5) is 0. The molecule has 0 aliphatic carbocycles. The molecule has 0 bridgehead atoms. The number of hydrogen-bond donors (Lipinski definition) is 1. The fourth-order valence-corrected chi connectivity index (χ4v) is 2.49. The summed E-state index contributed by atoms with van der Waals surface area (Å²) in [5.74, 6) is -0.307. The molecule has 106 valence electrons. The number of hydrogen-bond acceptors (Lipinski definition) is 2. The molecule has 2 rings (SSSR count). The molecule has 0 aliphatic rings. The third kappa shape index (κ3) is 3.29. The standard InChI is InChI=1S/C19H19NO/c1-3-17(15-11-7-5-8-12-15)19(20-21)18(4-2)16-13-9-6-10-14-16/h3-14,17-18,21H,1-2H2. The SMILES string of the molecule is C=CC(C(=NO)C(C=C)c1ccccc1)c1ccccc1. The molecule has 0 spiro atoms. The monoisotopic (exact) mass is 277 g/mol. The average Bonchev–Trinajstić information content (AvgIpc) is 2.56. The Labute approximate surface area is 125 Å². The van der Waals surface area contributed by atoms with Crippen LogP contribution in [0.3, 0.4) is 0 Å². The predicted octanol–water partition coefficient (Wildman–Crippen LogP) is 4.76. The third-order valence-electron chi connectivity index (χ3n) is 3.54. The highest BCUT2D eigenvalue weighted by atomic mass is 16.4. The molecule has 0 amide bonds. The molecule has 2 aromatic rings. The lowest BCUT2D eigenvalue weighted by molar-refractivity contribution is 0.315. The summed E-state index contributed by atoms with van der Waals surface area (Å²) in [6.45, 7) is 7.78. The molecule has 1 N–H and O–H groups in total. The van der Waals surface area contributed by atoms with Crippen LogP contribution < -0.4 is 0 Å². The first kappa shape index (κ1) is 14.8. The van der Waals surface area contributed by atoms with Gasteiger partial charge in [0.1, 0.15) is 0 Å². The van der Waals surface area contributed by atoms with Gasteiger partial charge in [-0.3, -0.25) is 0 Å². The maximum atomic E-state index is 9.54. The molecule has 2 nitrogen and oxygen atoms in total. The van der Waals surface area contributed by atoms with E-state index in [1.54, 1.807) is 12.2 Å². The zero-order valence-corrected chi connectivity index (χ0v) is 11.9. The number of rotatable bonds is 6. The topological polar surface area (TPSA) is 32.6 Å². The van der Waals surface area contributed by atoms with Gasteiger partial charge >= 0.3 is 0 Å². The van der Waals surface area contributed by atoms with Crippen molar-refractivity contribution in [3.8, 4) is 0 Å². The van der Waals surface area contributed by atoms with Crippen LogP contribution in [0.2, 0.25) is 0 Å². The van der Waals surface area contributed by atoms with Crippen molar-refractivity contribution in [3.05, 3.63) is 97.1 Å².